The third kappa shape index (κ3) is 1.89. The van der Waals surface area contributed by atoms with Gasteiger partial charge >= 0.3 is 0 Å². The van der Waals surface area contributed by atoms with Crippen LogP contribution in [0.5, 0.6) is 0 Å². The van der Waals surface area contributed by atoms with E-state index >= 15 is 0 Å². The van der Waals surface area contributed by atoms with Gasteiger partial charge in [0, 0.05) is 29.1 Å². The lowest BCUT2D eigenvalue weighted by Gasteiger charge is -2.04. The highest BCUT2D eigenvalue weighted by Gasteiger charge is 2.09. The number of allylic oxidation sites excluding steroid dienone is 1. The summed E-state index contributed by atoms with van der Waals surface area (Å²) >= 11 is 0. The lowest BCUT2D eigenvalue weighted by molar-refractivity contribution is 0.902. The third-order valence-electron chi connectivity index (χ3n) is 2.28. The monoisotopic (exact) mass is 176 g/mol. The van der Waals surface area contributed by atoms with Gasteiger partial charge in [0.25, 0.3) is 0 Å². The van der Waals surface area contributed by atoms with Crippen LogP contribution in [0.15, 0.2) is 18.7 Å². The Hall–Kier alpha value is -1.31. The first-order valence-electron chi connectivity index (χ1n) is 4.57. The van der Waals surface area contributed by atoms with Crippen molar-refractivity contribution in [2.75, 3.05) is 0 Å². The number of hydrogen-bond donors (Lipinski definition) is 2. The van der Waals surface area contributed by atoms with E-state index in [1.807, 2.05) is 12.1 Å². The molecule has 0 saturated heterocycles. The second-order valence-electron chi connectivity index (χ2n) is 3.19. The van der Waals surface area contributed by atoms with Gasteiger partial charge in [0.2, 0.25) is 0 Å². The minimum absolute atomic E-state index is 0.289. The number of aromatic amines is 1. The highest BCUT2D eigenvalue weighted by atomic mass is 14.7. The van der Waals surface area contributed by atoms with E-state index in [0.717, 1.165) is 17.7 Å². The summed E-state index contributed by atoms with van der Waals surface area (Å²) in [5.74, 6) is 0.289. The van der Waals surface area contributed by atoms with E-state index in [-0.39, 0.29) is 5.92 Å². The zero-order valence-corrected chi connectivity index (χ0v) is 8.22. The van der Waals surface area contributed by atoms with Gasteiger partial charge in [-0.25, -0.2) is 0 Å². The highest BCUT2D eigenvalue weighted by Crippen LogP contribution is 2.19. The first kappa shape index (κ1) is 9.78. The molecule has 0 aliphatic carbocycles. The number of rotatable bonds is 4. The fourth-order valence-corrected chi connectivity index (χ4v) is 1.35. The van der Waals surface area contributed by atoms with Crippen molar-refractivity contribution in [3.63, 3.8) is 0 Å². The van der Waals surface area contributed by atoms with Crippen LogP contribution in [-0.4, -0.2) is 11.2 Å². The van der Waals surface area contributed by atoms with Crippen molar-refractivity contribution in [3.8, 4) is 0 Å². The van der Waals surface area contributed by atoms with Crippen LogP contribution in [0.1, 0.15) is 36.7 Å². The van der Waals surface area contributed by atoms with Gasteiger partial charge in [-0.15, -0.1) is 6.58 Å². The number of aryl methyl sites for hydroxylation is 1. The largest absolute Gasteiger partial charge is 0.361 e. The maximum Gasteiger partial charge on any atom is 0.0305 e. The lowest BCUT2D eigenvalue weighted by Crippen LogP contribution is -1.93. The minimum Gasteiger partial charge on any atom is -0.361 e. The van der Waals surface area contributed by atoms with Crippen LogP contribution in [-0.2, 0) is 6.42 Å². The summed E-state index contributed by atoms with van der Waals surface area (Å²) < 4.78 is 0. The number of aromatic nitrogens is 1. The second kappa shape index (κ2) is 4.08. The summed E-state index contributed by atoms with van der Waals surface area (Å²) in [5.41, 5.74) is 3.26. The molecule has 2 heteroatoms. The molecule has 0 spiro atoms. The van der Waals surface area contributed by atoms with Gasteiger partial charge in [-0.3, -0.25) is 0 Å². The molecule has 0 aromatic carbocycles. The summed E-state index contributed by atoms with van der Waals surface area (Å²) in [7, 11) is 0. The Morgan fingerprint density at radius 1 is 1.69 bits per heavy atom. The van der Waals surface area contributed by atoms with E-state index in [9.17, 15) is 0 Å². The van der Waals surface area contributed by atoms with Crippen LogP contribution in [0.2, 0.25) is 0 Å². The van der Waals surface area contributed by atoms with Crippen molar-refractivity contribution in [2.24, 2.45) is 0 Å². The number of H-pyrrole nitrogens is 1. The van der Waals surface area contributed by atoms with Crippen LogP contribution in [0.4, 0.5) is 0 Å². The molecule has 0 aliphatic rings. The highest BCUT2D eigenvalue weighted by molar-refractivity contribution is 5.79. The molecule has 0 bridgehead atoms. The zero-order valence-electron chi connectivity index (χ0n) is 8.22. The first-order valence-corrected chi connectivity index (χ1v) is 4.57. The van der Waals surface area contributed by atoms with Gasteiger partial charge in [-0.2, -0.15) is 0 Å². The van der Waals surface area contributed by atoms with Crippen LogP contribution in [0.25, 0.3) is 0 Å². The van der Waals surface area contributed by atoms with E-state index in [1.54, 1.807) is 0 Å². The molecule has 1 atom stereocenters. The van der Waals surface area contributed by atoms with E-state index in [1.165, 1.54) is 11.9 Å². The van der Waals surface area contributed by atoms with Crippen LogP contribution in [0.3, 0.4) is 0 Å². The van der Waals surface area contributed by atoms with Crippen LogP contribution >= 0.6 is 0 Å². The van der Waals surface area contributed by atoms with E-state index < -0.39 is 0 Å². The molecule has 0 aliphatic heterocycles. The maximum absolute atomic E-state index is 7.26. The maximum atomic E-state index is 7.26. The van der Waals surface area contributed by atoms with Crippen molar-refractivity contribution < 1.29 is 0 Å². The molecule has 70 valence electrons. The van der Waals surface area contributed by atoms with Crippen LogP contribution in [0, 0.1) is 5.41 Å². The lowest BCUT2D eigenvalue weighted by atomic mass is 10.1. The minimum atomic E-state index is 0.289. The molecule has 0 fully saturated rings. The standard InChI is InChI=1S/C11H16N2/c1-4-8(3)11-9(7-12)6-10(5-2)13-11/h4,6-8,12-13H,1,5H2,2-3H3. The van der Waals surface area contributed by atoms with Crippen molar-refractivity contribution in [1.82, 2.24) is 4.98 Å². The number of nitrogens with one attached hydrogen (secondary N) is 2. The fraction of sp³-hybridized carbons (Fsp3) is 0.364. The Bertz CT molecular complexity index is 310. The average molecular weight is 176 g/mol. The molecule has 13 heavy (non-hydrogen) atoms. The smallest absolute Gasteiger partial charge is 0.0305 e. The normalized spacial score (nSPS) is 12.5. The second-order valence-corrected chi connectivity index (χ2v) is 3.19. The molecular formula is C11H16N2. The van der Waals surface area contributed by atoms with Gasteiger partial charge in [0.05, 0.1) is 0 Å². The Labute approximate surface area is 79.2 Å². The van der Waals surface area contributed by atoms with E-state index in [4.69, 9.17) is 5.41 Å². The van der Waals surface area contributed by atoms with Crippen LogP contribution < -0.4 is 0 Å². The summed E-state index contributed by atoms with van der Waals surface area (Å²) in [6.45, 7) is 7.93. The summed E-state index contributed by atoms with van der Waals surface area (Å²) in [6, 6.07) is 2.03. The Kier molecular flexibility index (Phi) is 3.07. The molecule has 2 nitrogen and oxygen atoms in total. The van der Waals surface area contributed by atoms with Gasteiger partial charge in [-0.05, 0) is 12.5 Å². The predicted molar refractivity (Wildman–Crippen MR) is 56.7 cm³/mol. The summed E-state index contributed by atoms with van der Waals surface area (Å²) in [4.78, 5) is 3.31. The topological polar surface area (TPSA) is 39.6 Å². The SMILES string of the molecule is C=CC(C)c1[nH]c(CC)cc1C=N. The molecule has 1 rings (SSSR count). The molecule has 0 amide bonds. The molecule has 1 aromatic rings. The predicted octanol–water partition coefficient (Wildman–Crippen LogP) is 2.86. The van der Waals surface area contributed by atoms with Crippen molar-refractivity contribution >= 4 is 6.21 Å². The van der Waals surface area contributed by atoms with Gasteiger partial charge in [0.1, 0.15) is 0 Å². The molecule has 1 aromatic heterocycles. The van der Waals surface area contributed by atoms with Gasteiger partial charge in [0.15, 0.2) is 0 Å². The first-order chi connectivity index (χ1) is 6.22. The molecule has 1 heterocycles. The van der Waals surface area contributed by atoms with Crippen molar-refractivity contribution in [1.29, 1.82) is 5.41 Å². The van der Waals surface area contributed by atoms with Gasteiger partial charge < -0.3 is 10.4 Å². The Morgan fingerprint density at radius 2 is 2.38 bits per heavy atom. The fourth-order valence-electron chi connectivity index (χ4n) is 1.35. The zero-order chi connectivity index (χ0) is 9.84. The van der Waals surface area contributed by atoms with Gasteiger partial charge in [-0.1, -0.05) is 19.9 Å². The quantitative estimate of drug-likeness (QED) is 0.523. The van der Waals surface area contributed by atoms with Crippen molar-refractivity contribution in [3.05, 3.63) is 35.7 Å². The third-order valence-corrected chi connectivity index (χ3v) is 2.28. The average Bonchev–Trinajstić information content (AvgIpc) is 2.59. The van der Waals surface area contributed by atoms with E-state index in [2.05, 4.69) is 25.4 Å². The molecular weight excluding hydrogens is 160 g/mol. The summed E-state index contributed by atoms with van der Waals surface area (Å²) in [6.07, 6.45) is 4.26. The Morgan fingerprint density at radius 3 is 2.85 bits per heavy atom. The van der Waals surface area contributed by atoms with E-state index in [0.29, 0.717) is 0 Å². The molecule has 1 unspecified atom stereocenters. The molecule has 0 radical (unpaired) electrons. The summed E-state index contributed by atoms with van der Waals surface area (Å²) in [5, 5.41) is 7.26. The molecule has 0 saturated carbocycles. The molecule has 2 N–H and O–H groups in total. The van der Waals surface area contributed by atoms with Crippen molar-refractivity contribution in [2.45, 2.75) is 26.2 Å². The Balaban J connectivity index is 3.10. The number of hydrogen-bond acceptors (Lipinski definition) is 1.